The Balaban J connectivity index is 1.48. The molecule has 18 heavy (non-hydrogen) atoms. The van der Waals surface area contributed by atoms with Gasteiger partial charge in [-0.15, -0.1) is 0 Å². The first-order valence-corrected chi connectivity index (χ1v) is 7.17. The predicted octanol–water partition coefficient (Wildman–Crippen LogP) is 3.06. The summed E-state index contributed by atoms with van der Waals surface area (Å²) >= 11 is 0. The molecule has 3 nitrogen and oxygen atoms in total. The quantitative estimate of drug-likeness (QED) is 0.871. The van der Waals surface area contributed by atoms with Crippen molar-refractivity contribution in [3.05, 3.63) is 23.7 Å². The molecule has 1 aromatic rings. The molecule has 2 heterocycles. The van der Waals surface area contributed by atoms with E-state index in [4.69, 9.17) is 9.15 Å². The molecule has 3 rings (SSSR count). The predicted molar refractivity (Wildman–Crippen MR) is 70.5 cm³/mol. The minimum atomic E-state index is 0.378. The maximum atomic E-state index is 5.89. The standard InChI is InChI=1S/C15H23NO2/c1-10-8-13(10)15-6-5-12(18-15)9-16-11(2)14-4-3-7-17-14/h5-6,10-11,13-14,16H,3-4,7-9H2,1-2H3. The van der Waals surface area contributed by atoms with Gasteiger partial charge in [-0.3, -0.25) is 0 Å². The molecule has 0 bridgehead atoms. The normalized spacial score (nSPS) is 32.7. The Morgan fingerprint density at radius 2 is 2.28 bits per heavy atom. The molecule has 100 valence electrons. The van der Waals surface area contributed by atoms with Gasteiger partial charge in [0.05, 0.1) is 12.6 Å². The molecule has 4 atom stereocenters. The van der Waals surface area contributed by atoms with Gasteiger partial charge in [-0.2, -0.15) is 0 Å². The van der Waals surface area contributed by atoms with Crippen molar-refractivity contribution < 1.29 is 9.15 Å². The Labute approximate surface area is 109 Å². The SMILES string of the molecule is CC1CC1c1ccc(CNC(C)C2CCCO2)o1. The Kier molecular flexibility index (Phi) is 3.44. The van der Waals surface area contributed by atoms with Crippen LogP contribution in [0.5, 0.6) is 0 Å². The average molecular weight is 249 g/mol. The summed E-state index contributed by atoms with van der Waals surface area (Å²) < 4.78 is 11.6. The number of furan rings is 1. The Hall–Kier alpha value is -0.800. The fraction of sp³-hybridized carbons (Fsp3) is 0.733. The summed E-state index contributed by atoms with van der Waals surface area (Å²) in [5.74, 6) is 3.70. The molecule has 1 N–H and O–H groups in total. The molecule has 1 saturated heterocycles. The number of hydrogen-bond acceptors (Lipinski definition) is 3. The summed E-state index contributed by atoms with van der Waals surface area (Å²) in [5.41, 5.74) is 0. The van der Waals surface area contributed by atoms with E-state index in [0.717, 1.165) is 24.8 Å². The van der Waals surface area contributed by atoms with Crippen LogP contribution in [0.1, 0.15) is 50.5 Å². The van der Waals surface area contributed by atoms with Crippen LogP contribution in [0.3, 0.4) is 0 Å². The molecular formula is C15H23NO2. The fourth-order valence-corrected chi connectivity index (χ4v) is 2.80. The van der Waals surface area contributed by atoms with Crippen molar-refractivity contribution in [3.8, 4) is 0 Å². The Morgan fingerprint density at radius 1 is 1.44 bits per heavy atom. The van der Waals surface area contributed by atoms with Crippen LogP contribution in [-0.4, -0.2) is 18.8 Å². The van der Waals surface area contributed by atoms with E-state index in [0.29, 0.717) is 18.1 Å². The van der Waals surface area contributed by atoms with Crippen molar-refractivity contribution in [2.75, 3.05) is 6.61 Å². The second kappa shape index (κ2) is 5.06. The maximum absolute atomic E-state index is 5.89. The van der Waals surface area contributed by atoms with Crippen molar-refractivity contribution in [2.24, 2.45) is 5.92 Å². The van der Waals surface area contributed by atoms with Gasteiger partial charge in [0.2, 0.25) is 0 Å². The van der Waals surface area contributed by atoms with Crippen LogP contribution < -0.4 is 5.32 Å². The topological polar surface area (TPSA) is 34.4 Å². The molecule has 4 unspecified atom stereocenters. The second-order valence-electron chi connectivity index (χ2n) is 5.84. The van der Waals surface area contributed by atoms with E-state index < -0.39 is 0 Å². The van der Waals surface area contributed by atoms with Crippen molar-refractivity contribution >= 4 is 0 Å². The zero-order chi connectivity index (χ0) is 12.5. The van der Waals surface area contributed by atoms with Gasteiger partial charge in [0, 0.05) is 18.6 Å². The summed E-state index contributed by atoms with van der Waals surface area (Å²) in [6, 6.07) is 4.65. The summed E-state index contributed by atoms with van der Waals surface area (Å²) in [5, 5.41) is 3.51. The lowest BCUT2D eigenvalue weighted by Gasteiger charge is -2.19. The largest absolute Gasteiger partial charge is 0.464 e. The van der Waals surface area contributed by atoms with Gasteiger partial charge in [0.1, 0.15) is 11.5 Å². The highest BCUT2D eigenvalue weighted by atomic mass is 16.5. The van der Waals surface area contributed by atoms with E-state index in [2.05, 4.69) is 31.3 Å². The second-order valence-corrected chi connectivity index (χ2v) is 5.84. The van der Waals surface area contributed by atoms with Gasteiger partial charge in [-0.25, -0.2) is 0 Å². The molecule has 1 aliphatic heterocycles. The first kappa shape index (κ1) is 12.2. The monoisotopic (exact) mass is 249 g/mol. The highest BCUT2D eigenvalue weighted by molar-refractivity contribution is 5.17. The molecule has 0 spiro atoms. The molecule has 0 aromatic carbocycles. The first-order chi connectivity index (χ1) is 8.74. The summed E-state index contributed by atoms with van der Waals surface area (Å²) in [7, 11) is 0. The van der Waals surface area contributed by atoms with E-state index in [1.807, 2.05) is 0 Å². The summed E-state index contributed by atoms with van der Waals surface area (Å²) in [6.07, 6.45) is 4.04. The molecular weight excluding hydrogens is 226 g/mol. The number of rotatable bonds is 5. The molecule has 1 aliphatic carbocycles. The zero-order valence-electron chi connectivity index (χ0n) is 11.3. The summed E-state index contributed by atoms with van der Waals surface area (Å²) in [4.78, 5) is 0. The maximum Gasteiger partial charge on any atom is 0.117 e. The van der Waals surface area contributed by atoms with E-state index in [1.54, 1.807) is 0 Å². The van der Waals surface area contributed by atoms with E-state index in [1.165, 1.54) is 25.0 Å². The lowest BCUT2D eigenvalue weighted by Crippen LogP contribution is -2.36. The van der Waals surface area contributed by atoms with Gasteiger partial charge in [0.25, 0.3) is 0 Å². The van der Waals surface area contributed by atoms with Crippen LogP contribution in [-0.2, 0) is 11.3 Å². The van der Waals surface area contributed by atoms with Crippen molar-refractivity contribution in [1.29, 1.82) is 0 Å². The number of hydrogen-bond donors (Lipinski definition) is 1. The highest BCUT2D eigenvalue weighted by Crippen LogP contribution is 2.47. The number of nitrogens with one attached hydrogen (secondary N) is 1. The van der Waals surface area contributed by atoms with Crippen molar-refractivity contribution in [2.45, 2.75) is 57.7 Å². The van der Waals surface area contributed by atoms with Crippen molar-refractivity contribution in [3.63, 3.8) is 0 Å². The Morgan fingerprint density at radius 3 is 2.94 bits per heavy atom. The molecule has 0 radical (unpaired) electrons. The smallest absolute Gasteiger partial charge is 0.117 e. The third-order valence-corrected chi connectivity index (χ3v) is 4.28. The van der Waals surface area contributed by atoms with Crippen LogP contribution in [0.2, 0.25) is 0 Å². The molecule has 1 saturated carbocycles. The number of ether oxygens (including phenoxy) is 1. The van der Waals surface area contributed by atoms with Crippen LogP contribution in [0.25, 0.3) is 0 Å². The van der Waals surface area contributed by atoms with Gasteiger partial charge in [-0.05, 0) is 44.2 Å². The van der Waals surface area contributed by atoms with E-state index in [9.17, 15) is 0 Å². The molecule has 2 fully saturated rings. The third-order valence-electron chi connectivity index (χ3n) is 4.28. The third kappa shape index (κ3) is 2.62. The average Bonchev–Trinajstić information content (AvgIpc) is 2.87. The zero-order valence-corrected chi connectivity index (χ0v) is 11.3. The van der Waals surface area contributed by atoms with E-state index >= 15 is 0 Å². The Bertz CT molecular complexity index is 395. The molecule has 2 aliphatic rings. The molecule has 1 aromatic heterocycles. The van der Waals surface area contributed by atoms with E-state index in [-0.39, 0.29) is 0 Å². The molecule has 3 heteroatoms. The lowest BCUT2D eigenvalue weighted by atomic mass is 10.1. The van der Waals surface area contributed by atoms with Crippen LogP contribution in [0.15, 0.2) is 16.5 Å². The van der Waals surface area contributed by atoms with Gasteiger partial charge < -0.3 is 14.5 Å². The van der Waals surface area contributed by atoms with Crippen molar-refractivity contribution in [1.82, 2.24) is 5.32 Å². The van der Waals surface area contributed by atoms with Crippen LogP contribution in [0, 0.1) is 5.92 Å². The first-order valence-electron chi connectivity index (χ1n) is 7.17. The summed E-state index contributed by atoms with van der Waals surface area (Å²) in [6.45, 7) is 6.21. The van der Waals surface area contributed by atoms with Gasteiger partial charge in [-0.1, -0.05) is 6.92 Å². The minimum absolute atomic E-state index is 0.378. The van der Waals surface area contributed by atoms with Crippen LogP contribution >= 0.6 is 0 Å². The fourth-order valence-electron chi connectivity index (χ4n) is 2.80. The van der Waals surface area contributed by atoms with Crippen LogP contribution in [0.4, 0.5) is 0 Å². The van der Waals surface area contributed by atoms with Gasteiger partial charge >= 0.3 is 0 Å². The van der Waals surface area contributed by atoms with Gasteiger partial charge in [0.15, 0.2) is 0 Å². The molecule has 0 amide bonds. The minimum Gasteiger partial charge on any atom is -0.464 e. The lowest BCUT2D eigenvalue weighted by molar-refractivity contribution is 0.0825. The highest BCUT2D eigenvalue weighted by Gasteiger charge is 2.36.